The summed E-state index contributed by atoms with van der Waals surface area (Å²) in [5, 5.41) is 0. The highest BCUT2D eigenvalue weighted by atomic mass is 19.1. The number of carbonyl (C=O) groups excluding carboxylic acids is 1. The van der Waals surface area contributed by atoms with Crippen molar-refractivity contribution in [3.05, 3.63) is 53.8 Å². The van der Waals surface area contributed by atoms with Crippen molar-refractivity contribution in [3.8, 4) is 16.9 Å². The molecule has 3 heterocycles. The number of guanidine groups is 1. The monoisotopic (exact) mass is 437 g/mol. The maximum Gasteiger partial charge on any atom is 0.261 e. The van der Waals surface area contributed by atoms with E-state index >= 15 is 0 Å². The van der Waals surface area contributed by atoms with Crippen LogP contribution < -0.4 is 10.5 Å². The smallest absolute Gasteiger partial charge is 0.261 e. The highest BCUT2D eigenvalue weighted by Gasteiger charge is 2.55. The van der Waals surface area contributed by atoms with E-state index in [1.807, 2.05) is 24.3 Å². The molecule has 3 atom stereocenters. The van der Waals surface area contributed by atoms with E-state index in [9.17, 15) is 9.18 Å². The largest absolute Gasteiger partial charge is 0.490 e. The molecule has 32 heavy (non-hydrogen) atoms. The maximum absolute atomic E-state index is 13.8. The SMILES string of the molecule is CN1C(=O)C2(C[C@H](C3CCOC(C)(C)C3)Oc3ccc(-c4cccc(F)c4)cc32)N=C1N. The summed E-state index contributed by atoms with van der Waals surface area (Å²) in [5.41, 5.74) is 6.95. The van der Waals surface area contributed by atoms with Crippen LogP contribution >= 0.6 is 0 Å². The number of amides is 1. The van der Waals surface area contributed by atoms with Crippen LogP contribution in [0, 0.1) is 11.7 Å². The number of likely N-dealkylation sites (N-methyl/N-ethyl adjacent to an activating group) is 1. The second kappa shape index (κ2) is 7.30. The fourth-order valence-electron chi connectivity index (χ4n) is 5.28. The van der Waals surface area contributed by atoms with Gasteiger partial charge in [0.15, 0.2) is 11.5 Å². The third-order valence-corrected chi connectivity index (χ3v) is 6.93. The summed E-state index contributed by atoms with van der Waals surface area (Å²) in [6, 6.07) is 12.1. The number of aliphatic imine (C=N–C) groups is 1. The summed E-state index contributed by atoms with van der Waals surface area (Å²) >= 11 is 0. The van der Waals surface area contributed by atoms with Crippen molar-refractivity contribution in [2.45, 2.75) is 50.4 Å². The average Bonchev–Trinajstić information content (AvgIpc) is 2.97. The molecule has 1 fully saturated rings. The van der Waals surface area contributed by atoms with Crippen LogP contribution in [0.1, 0.15) is 38.7 Å². The minimum Gasteiger partial charge on any atom is -0.490 e. The third-order valence-electron chi connectivity index (χ3n) is 6.93. The van der Waals surface area contributed by atoms with Gasteiger partial charge < -0.3 is 15.2 Å². The van der Waals surface area contributed by atoms with Crippen LogP contribution in [-0.4, -0.2) is 42.1 Å². The van der Waals surface area contributed by atoms with Crippen molar-refractivity contribution >= 4 is 11.9 Å². The van der Waals surface area contributed by atoms with Crippen LogP contribution in [0.5, 0.6) is 5.75 Å². The first-order chi connectivity index (χ1) is 15.2. The topological polar surface area (TPSA) is 77.2 Å². The average molecular weight is 438 g/mol. The number of ether oxygens (including phenoxy) is 2. The molecule has 0 bridgehead atoms. The number of nitrogens with zero attached hydrogens (tertiary/aromatic N) is 2. The zero-order chi connectivity index (χ0) is 22.7. The van der Waals surface area contributed by atoms with Crippen molar-refractivity contribution < 1.29 is 18.7 Å². The van der Waals surface area contributed by atoms with Crippen LogP contribution in [0.2, 0.25) is 0 Å². The molecule has 0 aliphatic carbocycles. The number of hydrogen-bond acceptors (Lipinski definition) is 5. The minimum absolute atomic E-state index is 0.160. The number of nitrogens with two attached hydrogens (primary N) is 1. The molecular formula is C25H28FN3O3. The molecule has 7 heteroatoms. The van der Waals surface area contributed by atoms with Crippen LogP contribution in [0.25, 0.3) is 11.1 Å². The van der Waals surface area contributed by atoms with Gasteiger partial charge in [-0.2, -0.15) is 0 Å². The van der Waals surface area contributed by atoms with Gasteiger partial charge in [0.05, 0.1) is 5.60 Å². The highest BCUT2D eigenvalue weighted by molar-refractivity contribution is 6.07. The number of hydrogen-bond donors (Lipinski definition) is 1. The van der Waals surface area contributed by atoms with Crippen molar-refractivity contribution in [1.29, 1.82) is 0 Å². The van der Waals surface area contributed by atoms with E-state index in [2.05, 4.69) is 13.8 Å². The summed E-state index contributed by atoms with van der Waals surface area (Å²) in [6.07, 6.45) is 1.94. The zero-order valence-electron chi connectivity index (χ0n) is 18.6. The van der Waals surface area contributed by atoms with E-state index in [-0.39, 0.29) is 35.3 Å². The van der Waals surface area contributed by atoms with Gasteiger partial charge in [0.25, 0.3) is 5.91 Å². The van der Waals surface area contributed by atoms with Crippen LogP contribution in [-0.2, 0) is 15.1 Å². The van der Waals surface area contributed by atoms with E-state index in [0.29, 0.717) is 24.3 Å². The molecule has 1 spiro atoms. The Bertz CT molecular complexity index is 1120. The first-order valence-electron chi connectivity index (χ1n) is 11.0. The number of halogens is 1. The minimum atomic E-state index is -1.14. The lowest BCUT2D eigenvalue weighted by Crippen LogP contribution is -2.49. The molecule has 3 aliphatic rings. The molecule has 2 aromatic rings. The Morgan fingerprint density at radius 3 is 2.62 bits per heavy atom. The number of fused-ring (bicyclic) bond motifs is 2. The Morgan fingerprint density at radius 1 is 1.16 bits per heavy atom. The molecular weight excluding hydrogens is 409 g/mol. The summed E-state index contributed by atoms with van der Waals surface area (Å²) in [7, 11) is 1.65. The highest BCUT2D eigenvalue weighted by Crippen LogP contribution is 2.49. The van der Waals surface area contributed by atoms with E-state index in [4.69, 9.17) is 20.2 Å². The second-order valence-corrected chi connectivity index (χ2v) is 9.64. The summed E-state index contributed by atoms with van der Waals surface area (Å²) < 4.78 is 26.2. The Morgan fingerprint density at radius 2 is 1.94 bits per heavy atom. The predicted molar refractivity (Wildman–Crippen MR) is 120 cm³/mol. The van der Waals surface area contributed by atoms with Gasteiger partial charge in [-0.3, -0.25) is 9.69 Å². The summed E-state index contributed by atoms with van der Waals surface area (Å²) in [4.78, 5) is 19.6. The van der Waals surface area contributed by atoms with Crippen LogP contribution in [0.4, 0.5) is 4.39 Å². The van der Waals surface area contributed by atoms with Gasteiger partial charge in [-0.05, 0) is 62.1 Å². The van der Waals surface area contributed by atoms with Gasteiger partial charge in [0, 0.05) is 31.6 Å². The molecule has 2 N–H and O–H groups in total. The number of benzene rings is 2. The van der Waals surface area contributed by atoms with Gasteiger partial charge in [-0.15, -0.1) is 0 Å². The molecule has 5 rings (SSSR count). The number of carbonyl (C=O) groups is 1. The maximum atomic E-state index is 13.8. The van der Waals surface area contributed by atoms with Crippen molar-refractivity contribution in [2.75, 3.05) is 13.7 Å². The Balaban J connectivity index is 1.60. The lowest BCUT2D eigenvalue weighted by molar-refractivity contribution is -0.134. The Labute approximate surface area is 187 Å². The van der Waals surface area contributed by atoms with Gasteiger partial charge in [-0.1, -0.05) is 18.2 Å². The van der Waals surface area contributed by atoms with E-state index in [1.165, 1.54) is 17.0 Å². The fraction of sp³-hybridized carbons (Fsp3) is 0.440. The first kappa shape index (κ1) is 20.9. The van der Waals surface area contributed by atoms with Gasteiger partial charge >= 0.3 is 0 Å². The van der Waals surface area contributed by atoms with E-state index in [0.717, 1.165) is 24.0 Å². The molecule has 168 valence electrons. The molecule has 0 saturated carbocycles. The standard InChI is InChI=1S/C25H28FN3O3/c1-24(2)13-17(9-10-31-24)21-14-25(22(30)29(3)23(27)28-25)19-12-16(7-8-20(19)32-21)15-5-4-6-18(26)11-15/h4-8,11-12,17,21H,9-10,13-14H2,1-3H3,(H2,27,28)/t17?,21-,25?/m1/s1. The van der Waals surface area contributed by atoms with Gasteiger partial charge in [-0.25, -0.2) is 9.38 Å². The van der Waals surface area contributed by atoms with Crippen molar-refractivity contribution in [2.24, 2.45) is 16.6 Å². The summed E-state index contributed by atoms with van der Waals surface area (Å²) in [6.45, 7) is 4.83. The molecule has 2 aromatic carbocycles. The molecule has 0 aromatic heterocycles. The molecule has 1 amide bonds. The summed E-state index contributed by atoms with van der Waals surface area (Å²) in [5.74, 6) is 0.595. The van der Waals surface area contributed by atoms with Gasteiger partial charge in [0.2, 0.25) is 0 Å². The first-order valence-corrected chi connectivity index (χ1v) is 11.0. The molecule has 1 saturated heterocycles. The Hall–Kier alpha value is -2.93. The lowest BCUT2D eigenvalue weighted by atomic mass is 9.74. The fourth-order valence-corrected chi connectivity index (χ4v) is 5.28. The molecule has 6 nitrogen and oxygen atoms in total. The van der Waals surface area contributed by atoms with E-state index in [1.54, 1.807) is 13.1 Å². The van der Waals surface area contributed by atoms with Crippen molar-refractivity contribution in [3.63, 3.8) is 0 Å². The molecule has 2 unspecified atom stereocenters. The Kier molecular flexibility index (Phi) is 4.78. The van der Waals surface area contributed by atoms with Crippen LogP contribution in [0.15, 0.2) is 47.5 Å². The zero-order valence-corrected chi connectivity index (χ0v) is 18.6. The van der Waals surface area contributed by atoms with E-state index < -0.39 is 5.54 Å². The van der Waals surface area contributed by atoms with Gasteiger partial charge in [0.1, 0.15) is 17.7 Å². The van der Waals surface area contributed by atoms with Crippen LogP contribution in [0.3, 0.4) is 0 Å². The quantitative estimate of drug-likeness (QED) is 0.775. The molecule has 0 radical (unpaired) electrons. The van der Waals surface area contributed by atoms with Crippen molar-refractivity contribution in [1.82, 2.24) is 4.90 Å². The second-order valence-electron chi connectivity index (χ2n) is 9.64. The normalized spacial score (nSPS) is 28.9. The number of rotatable bonds is 2. The lowest BCUT2D eigenvalue weighted by Gasteiger charge is -2.44. The third kappa shape index (κ3) is 3.35. The molecule has 3 aliphatic heterocycles. The predicted octanol–water partition coefficient (Wildman–Crippen LogP) is 3.83.